The van der Waals surface area contributed by atoms with Gasteiger partial charge in [-0.25, -0.2) is 116 Å². The maximum absolute atomic E-state index is 13.8. The molecule has 147 heavy (non-hydrogen) atoms. The summed E-state index contributed by atoms with van der Waals surface area (Å²) in [5, 5.41) is 18.9. The molecule has 0 fully saturated rings. The maximum atomic E-state index is 13.8. The number of alkyl halides is 2. The lowest BCUT2D eigenvalue weighted by Crippen LogP contribution is -2.17. The van der Waals surface area contributed by atoms with Gasteiger partial charge >= 0.3 is 0 Å². The summed E-state index contributed by atoms with van der Waals surface area (Å²) < 4.78 is 147. The highest BCUT2D eigenvalue weighted by molar-refractivity contribution is 7.11. The molecule has 37 nitrogen and oxygen atoms in total. The number of methoxy groups -OCH3 is 1. The number of benzene rings is 6. The zero-order chi connectivity index (χ0) is 102. The van der Waals surface area contributed by atoms with Gasteiger partial charge in [-0.15, -0.1) is 22.7 Å². The summed E-state index contributed by atoms with van der Waals surface area (Å²) in [6.45, 7) is 4.25. The summed E-state index contributed by atoms with van der Waals surface area (Å²) in [6.07, 6.45) is 26.9. The van der Waals surface area contributed by atoms with E-state index in [4.69, 9.17) is 33.2 Å². The Morgan fingerprint density at radius 1 is 0.306 bits per heavy atom. The van der Waals surface area contributed by atoms with Crippen LogP contribution >= 0.6 is 22.7 Å². The lowest BCUT2D eigenvalue weighted by Gasteiger charge is -2.11. The van der Waals surface area contributed by atoms with Crippen molar-refractivity contribution >= 4 is 92.2 Å². The van der Waals surface area contributed by atoms with Crippen LogP contribution in [-0.2, 0) is 5.92 Å². The fraction of sp³-hybridized carbons (Fsp3) is 0.0800. The number of halogens is 8. The van der Waals surface area contributed by atoms with Crippen LogP contribution in [0.4, 0.5) is 69.2 Å². The van der Waals surface area contributed by atoms with Crippen molar-refractivity contribution < 1.29 is 97.0 Å². The lowest BCUT2D eigenvalue weighted by molar-refractivity contribution is 0.0126. The van der Waals surface area contributed by atoms with Crippen LogP contribution in [0, 0.1) is 48.8 Å². The number of hydrogen-bond donors (Lipinski definition) is 6. The van der Waals surface area contributed by atoms with Gasteiger partial charge in [-0.05, 0) is 92.7 Å². The van der Waals surface area contributed by atoms with Crippen molar-refractivity contribution in [3.8, 4) is 74.9 Å². The fourth-order valence-electron chi connectivity index (χ4n) is 11.6. The van der Waals surface area contributed by atoms with E-state index in [1.165, 1.54) is 264 Å². The van der Waals surface area contributed by atoms with Gasteiger partial charge in [-0.2, -0.15) is 8.78 Å². The van der Waals surface area contributed by atoms with E-state index in [0.717, 1.165) is 29.6 Å². The van der Waals surface area contributed by atoms with Crippen LogP contribution in [0.25, 0.3) is 0 Å². The quantitative estimate of drug-likeness (QED) is 0.0274. The molecule has 0 atom stereocenters. The second kappa shape index (κ2) is 54.3. The van der Waals surface area contributed by atoms with E-state index in [-0.39, 0.29) is 125 Å². The van der Waals surface area contributed by atoms with Crippen molar-refractivity contribution in [3.63, 3.8) is 0 Å². The number of rotatable bonds is 26. The highest BCUT2D eigenvalue weighted by Gasteiger charge is 2.28. The molecule has 0 saturated carbocycles. The summed E-state index contributed by atoms with van der Waals surface area (Å²) in [5.74, 6) is -5.96. The normalized spacial score (nSPS) is 10.2. The van der Waals surface area contributed by atoms with Crippen molar-refractivity contribution in [1.29, 1.82) is 0 Å². The van der Waals surface area contributed by atoms with Gasteiger partial charge in [0.2, 0.25) is 5.88 Å². The number of thiazole rings is 2. The summed E-state index contributed by atoms with van der Waals surface area (Å²) in [6, 6.07) is 41.6. The third-order valence-electron chi connectivity index (χ3n) is 17.5. The minimum atomic E-state index is -3.19. The molecule has 0 spiro atoms. The Morgan fingerprint density at radius 2 is 0.565 bits per heavy atom. The molecule has 0 radical (unpaired) electrons. The Morgan fingerprint density at radius 3 is 0.816 bits per heavy atom. The first-order valence-electron chi connectivity index (χ1n) is 41.4. The molecule has 6 aromatic carbocycles. The number of amides is 6. The van der Waals surface area contributed by atoms with E-state index in [9.17, 15) is 63.9 Å². The lowest BCUT2D eigenvalue weighted by atomic mass is 10.2. The van der Waals surface area contributed by atoms with Gasteiger partial charge in [0.25, 0.3) is 41.4 Å². The Kier molecular flexibility index (Phi) is 40.5. The van der Waals surface area contributed by atoms with Crippen LogP contribution in [0.3, 0.4) is 0 Å². The number of carbonyl (C=O) groups is 6. The van der Waals surface area contributed by atoms with Gasteiger partial charge in [0.15, 0.2) is 39.5 Å². The van der Waals surface area contributed by atoms with E-state index in [1.54, 1.807) is 78.6 Å². The Balaban J connectivity index is 0.000000180. The largest absolute Gasteiger partial charge is 0.481 e. The average molecular weight is 2040 g/mol. The molecule has 18 aromatic rings. The third kappa shape index (κ3) is 35.7. The summed E-state index contributed by atoms with van der Waals surface area (Å²) in [4.78, 5) is 142. The molecule has 0 saturated heterocycles. The van der Waals surface area contributed by atoms with Crippen LogP contribution in [0.2, 0.25) is 0 Å². The van der Waals surface area contributed by atoms with Crippen LogP contribution < -0.4 is 65.1 Å². The second-order valence-electron chi connectivity index (χ2n) is 28.7. The van der Waals surface area contributed by atoms with Crippen molar-refractivity contribution in [2.75, 3.05) is 39.0 Å². The second-order valence-corrected chi connectivity index (χ2v) is 30.4. The van der Waals surface area contributed by atoms with Gasteiger partial charge in [0, 0.05) is 148 Å². The number of ether oxygens (including phenoxy) is 7. The molecule has 0 bridgehead atoms. The van der Waals surface area contributed by atoms with E-state index in [1.807, 2.05) is 0 Å². The highest BCUT2D eigenvalue weighted by atomic mass is 32.1. The summed E-state index contributed by atoms with van der Waals surface area (Å²) >= 11 is 2.50. The number of pyridine rings is 4. The van der Waals surface area contributed by atoms with Gasteiger partial charge in [-0.3, -0.25) is 28.8 Å². The molecule has 12 heterocycles. The van der Waals surface area contributed by atoms with Crippen molar-refractivity contribution in [3.05, 3.63) is 402 Å². The Labute approximate surface area is 839 Å². The molecule has 12 aromatic heterocycles. The molecule has 0 aliphatic carbocycles. The van der Waals surface area contributed by atoms with Crippen molar-refractivity contribution in [1.82, 2.24) is 89.7 Å². The molecule has 0 aliphatic rings. The smallest absolute Gasteiger partial charge is 0.287 e. The molecule has 6 N–H and O–H groups in total. The predicted octanol–water partition coefficient (Wildman–Crippen LogP) is 22.1. The zero-order valence-electron chi connectivity index (χ0n) is 74.7. The van der Waals surface area contributed by atoms with Crippen molar-refractivity contribution in [2.24, 2.45) is 0 Å². The summed E-state index contributed by atoms with van der Waals surface area (Å²) in [7, 11) is 1.45. The number of nitrogens with zero attached hydrogens (tertiary/aromatic N) is 18. The maximum Gasteiger partial charge on any atom is 0.287 e. The number of carbonyl (C=O) groups excluding carboxylic acids is 6. The topological polar surface area (TPSA) is 471 Å². The predicted molar refractivity (Wildman–Crippen MR) is 526 cm³/mol. The van der Waals surface area contributed by atoms with Crippen LogP contribution in [0.5, 0.6) is 74.9 Å². The minimum absolute atomic E-state index is 0. The first-order valence-corrected chi connectivity index (χ1v) is 43.2. The minimum Gasteiger partial charge on any atom is -0.481 e. The molecule has 47 heteroatoms. The zero-order valence-corrected chi connectivity index (χ0v) is 76.4. The first-order chi connectivity index (χ1) is 69.5. The van der Waals surface area contributed by atoms with E-state index >= 15 is 0 Å². The fourth-order valence-corrected chi connectivity index (χ4v) is 12.7. The van der Waals surface area contributed by atoms with Gasteiger partial charge < -0.3 is 65.1 Å². The number of hydrogen-bond acceptors (Lipinski definition) is 33. The monoisotopic (exact) mass is 2040 g/mol. The van der Waals surface area contributed by atoms with Gasteiger partial charge in [0.05, 0.1) is 87.0 Å². The molecule has 748 valence electrons. The molecule has 18 rings (SSSR count). The van der Waals surface area contributed by atoms with Gasteiger partial charge in [0.1, 0.15) is 142 Å². The van der Waals surface area contributed by atoms with Crippen LogP contribution in [0.15, 0.2) is 317 Å². The molecular weight excluding hydrogens is 1960 g/mol. The van der Waals surface area contributed by atoms with E-state index in [2.05, 4.69) is 122 Å². The van der Waals surface area contributed by atoms with Crippen molar-refractivity contribution in [2.45, 2.75) is 49.0 Å². The third-order valence-corrected chi connectivity index (χ3v) is 18.9. The molecule has 6 amide bonds. The molecule has 0 unspecified atom stereocenters. The summed E-state index contributed by atoms with van der Waals surface area (Å²) in [5.41, 5.74) is 4.48. The molecular formula is C100H82F8N24O13S2. The number of aryl methyl sites for hydroxylation is 2. The number of aromatic nitrogens is 18. The van der Waals surface area contributed by atoms with Crippen LogP contribution in [-0.4, -0.2) is 132 Å². The molecule has 0 aliphatic heterocycles. The van der Waals surface area contributed by atoms with Crippen LogP contribution in [0.1, 0.15) is 109 Å². The number of anilines is 6. The highest BCUT2D eigenvalue weighted by Crippen LogP contribution is 2.34. The first kappa shape index (κ1) is 110. The van der Waals surface area contributed by atoms with E-state index in [0.29, 0.717) is 46.6 Å². The average Bonchev–Trinajstić information content (AvgIpc) is 1.19. The number of nitrogens with one attached hydrogen (secondary N) is 6. The Hall–Kier alpha value is -19.5. The standard InChI is InChI=1S/C18H13F3N4O2.C17H13FN4O3.2C17H13FN4O2.2C14H9FN4O2S.3CH4/c1-18(20,21)16-4-2-3-15(25-16)17(26)24-12-5-11(19)6-13(7-12)27-14-8-22-10-23-9-14;1-24-16-4-2-3-15(22-16)17(23)21-12-5-11(18)6-13(7-12)25-14-8-19-10-20-9-14;2*1-11-3-2-4-16(21-11)17(23)22-13-5-12(18)6-14(7-13)24-15-8-19-10-20-9-15;15-9-1-10(19-14(20)13-6-22-8-18-13)3-11(2-9)21-12-4-16-7-17-5-12;15-9-3-10(19-13(20)14-18-1-2-22-14)5-11(4-9)21-12-6-16-8-17-7-12;;;/h2-10H,1H3,(H,24,26);2-10H,1H3,(H,21,23);2*2-10H,1H3,(H,22,23);2*1-8H,(H,19,20);3*1H4. The van der Waals surface area contributed by atoms with Gasteiger partial charge in [-0.1, -0.05) is 46.5 Å². The van der Waals surface area contributed by atoms with E-state index < -0.39 is 82.0 Å². The Bertz CT molecular complexity index is 7130. The SMILES string of the molecule is C.C.C.CC(F)(F)c1cccc(C(=O)Nc2cc(F)cc(Oc3cncnc3)c2)n1.COc1cccc(C(=O)Nc2cc(F)cc(Oc3cncnc3)c2)n1.Cc1cccc(C(=O)Nc2cc(F)cc(Oc3cncnc3)c2)n1.Cc1cccc(C(=O)Nc2cc(F)cc(Oc3cncnc3)c2)n1.O=C(Nc1cc(F)cc(Oc2cncnc2)c1)c1cscn1.O=C(Nc1cc(F)cc(Oc2cncnc2)c1)c1nccs1.